The summed E-state index contributed by atoms with van der Waals surface area (Å²) in [4.78, 5) is 0. The number of nitrogens with one attached hydrogen (secondary N) is 1. The Hall–Kier alpha value is -1.19. The molecule has 2 aromatic rings. The number of nitrogens with zero attached hydrogens (tertiary/aromatic N) is 2. The first kappa shape index (κ1) is 15.2. The minimum absolute atomic E-state index is 0.475. The molecule has 0 aliphatic heterocycles. The first-order valence-electron chi connectivity index (χ1n) is 6.87. The van der Waals surface area contributed by atoms with Gasteiger partial charge in [-0.15, -0.1) is 0 Å². The molecule has 1 heterocycles. The summed E-state index contributed by atoms with van der Waals surface area (Å²) in [5.41, 5.74) is 1.87. The average molecular weight is 312 g/mol. The van der Waals surface area contributed by atoms with E-state index in [-0.39, 0.29) is 0 Å². The van der Waals surface area contributed by atoms with Gasteiger partial charge in [-0.2, -0.15) is 5.10 Å². The Morgan fingerprint density at radius 1 is 1.20 bits per heavy atom. The van der Waals surface area contributed by atoms with Crippen LogP contribution in [0.15, 0.2) is 30.5 Å². The second kappa shape index (κ2) is 7.00. The van der Waals surface area contributed by atoms with Crippen LogP contribution in [0, 0.1) is 0 Å². The SMILES string of the molecule is CCC(CC)n1ccc(CNc2ccc(Cl)cc2Cl)n1. The lowest BCUT2D eigenvalue weighted by Crippen LogP contribution is -2.09. The minimum atomic E-state index is 0.475. The molecule has 20 heavy (non-hydrogen) atoms. The van der Waals surface area contributed by atoms with Gasteiger partial charge in [0.1, 0.15) is 0 Å². The fourth-order valence-corrected chi connectivity index (χ4v) is 2.63. The third-order valence-corrected chi connectivity index (χ3v) is 3.92. The standard InChI is InChI=1S/C15H19Cl2N3/c1-3-13(4-2)20-8-7-12(19-20)10-18-15-6-5-11(16)9-14(15)17/h5-9,13,18H,3-4,10H2,1-2H3. The molecule has 0 saturated heterocycles. The number of aromatic nitrogens is 2. The van der Waals surface area contributed by atoms with Gasteiger partial charge in [-0.25, -0.2) is 0 Å². The van der Waals surface area contributed by atoms with Gasteiger partial charge >= 0.3 is 0 Å². The van der Waals surface area contributed by atoms with E-state index in [9.17, 15) is 0 Å². The van der Waals surface area contributed by atoms with Crippen LogP contribution in [0.25, 0.3) is 0 Å². The zero-order valence-corrected chi connectivity index (χ0v) is 13.2. The van der Waals surface area contributed by atoms with Crippen molar-refractivity contribution in [2.24, 2.45) is 0 Å². The molecule has 108 valence electrons. The molecule has 1 N–H and O–H groups in total. The van der Waals surface area contributed by atoms with Gasteiger partial charge in [-0.1, -0.05) is 37.0 Å². The van der Waals surface area contributed by atoms with Crippen LogP contribution in [-0.4, -0.2) is 9.78 Å². The van der Waals surface area contributed by atoms with E-state index in [0.717, 1.165) is 24.2 Å². The van der Waals surface area contributed by atoms with E-state index in [1.54, 1.807) is 6.07 Å². The van der Waals surface area contributed by atoms with E-state index >= 15 is 0 Å². The highest BCUT2D eigenvalue weighted by Gasteiger charge is 2.08. The Balaban J connectivity index is 2.00. The van der Waals surface area contributed by atoms with Gasteiger partial charge < -0.3 is 5.32 Å². The largest absolute Gasteiger partial charge is 0.378 e. The molecule has 0 radical (unpaired) electrons. The van der Waals surface area contributed by atoms with Crippen molar-refractivity contribution in [1.82, 2.24) is 9.78 Å². The lowest BCUT2D eigenvalue weighted by atomic mass is 10.2. The first-order valence-corrected chi connectivity index (χ1v) is 7.62. The molecule has 0 bridgehead atoms. The quantitative estimate of drug-likeness (QED) is 0.798. The summed E-state index contributed by atoms with van der Waals surface area (Å²) in [6.07, 6.45) is 4.22. The highest BCUT2D eigenvalue weighted by molar-refractivity contribution is 6.36. The van der Waals surface area contributed by atoms with E-state index < -0.39 is 0 Å². The Labute approximate surface area is 129 Å². The average Bonchev–Trinajstić information content (AvgIpc) is 2.88. The van der Waals surface area contributed by atoms with Gasteiger partial charge in [0, 0.05) is 11.2 Å². The van der Waals surface area contributed by atoms with E-state index in [1.165, 1.54) is 0 Å². The van der Waals surface area contributed by atoms with Gasteiger partial charge in [0.15, 0.2) is 0 Å². The second-order valence-corrected chi connectivity index (χ2v) is 5.58. The summed E-state index contributed by atoms with van der Waals surface area (Å²) in [6.45, 7) is 5.01. The van der Waals surface area contributed by atoms with Crippen LogP contribution in [0.4, 0.5) is 5.69 Å². The van der Waals surface area contributed by atoms with Crippen molar-refractivity contribution in [3.63, 3.8) is 0 Å². The highest BCUT2D eigenvalue weighted by atomic mass is 35.5. The molecule has 0 saturated carbocycles. The van der Waals surface area contributed by atoms with Crippen molar-refractivity contribution in [2.75, 3.05) is 5.32 Å². The maximum atomic E-state index is 6.12. The predicted octanol–water partition coefficient (Wildman–Crippen LogP) is 5.16. The van der Waals surface area contributed by atoms with Crippen LogP contribution in [0.2, 0.25) is 10.0 Å². The number of halogens is 2. The van der Waals surface area contributed by atoms with Crippen molar-refractivity contribution in [3.8, 4) is 0 Å². The molecular formula is C15H19Cl2N3. The van der Waals surface area contributed by atoms with E-state index in [0.29, 0.717) is 22.6 Å². The Kier molecular flexibility index (Phi) is 5.32. The van der Waals surface area contributed by atoms with Crippen molar-refractivity contribution in [1.29, 1.82) is 0 Å². The molecule has 0 amide bonds. The number of rotatable bonds is 6. The maximum Gasteiger partial charge on any atom is 0.0815 e. The molecule has 0 atom stereocenters. The number of hydrogen-bond acceptors (Lipinski definition) is 2. The fraction of sp³-hybridized carbons (Fsp3) is 0.400. The van der Waals surface area contributed by atoms with E-state index in [2.05, 4.69) is 24.3 Å². The third kappa shape index (κ3) is 3.68. The third-order valence-electron chi connectivity index (χ3n) is 3.37. The van der Waals surface area contributed by atoms with Gasteiger partial charge in [-0.3, -0.25) is 4.68 Å². The number of benzene rings is 1. The van der Waals surface area contributed by atoms with Crippen LogP contribution < -0.4 is 5.32 Å². The molecule has 0 aliphatic rings. The second-order valence-electron chi connectivity index (χ2n) is 4.74. The van der Waals surface area contributed by atoms with Crippen LogP contribution >= 0.6 is 23.2 Å². The Morgan fingerprint density at radius 3 is 2.60 bits per heavy atom. The summed E-state index contributed by atoms with van der Waals surface area (Å²) < 4.78 is 2.04. The molecule has 3 nitrogen and oxygen atoms in total. The lowest BCUT2D eigenvalue weighted by molar-refractivity contribution is 0.426. The summed E-state index contributed by atoms with van der Waals surface area (Å²) in [5.74, 6) is 0. The van der Waals surface area contributed by atoms with Gasteiger partial charge in [0.05, 0.1) is 29.0 Å². The fourth-order valence-electron chi connectivity index (χ4n) is 2.16. The summed E-state index contributed by atoms with van der Waals surface area (Å²) in [6, 6.07) is 7.94. The molecule has 0 unspecified atom stereocenters. The van der Waals surface area contributed by atoms with Crippen molar-refractivity contribution >= 4 is 28.9 Å². The molecule has 0 spiro atoms. The first-order chi connectivity index (χ1) is 9.63. The molecule has 0 aliphatic carbocycles. The molecule has 0 fully saturated rings. The molecule has 5 heteroatoms. The molecule has 1 aromatic carbocycles. The van der Waals surface area contributed by atoms with Crippen LogP contribution in [0.3, 0.4) is 0 Å². The normalized spacial score (nSPS) is 11.1. The van der Waals surface area contributed by atoms with Crippen LogP contribution in [0.1, 0.15) is 38.4 Å². The summed E-state index contributed by atoms with van der Waals surface area (Å²) >= 11 is 12.0. The Morgan fingerprint density at radius 2 is 1.95 bits per heavy atom. The van der Waals surface area contributed by atoms with Crippen LogP contribution in [-0.2, 0) is 6.54 Å². The van der Waals surface area contributed by atoms with Crippen LogP contribution in [0.5, 0.6) is 0 Å². The Bertz CT molecular complexity index is 562. The van der Waals surface area contributed by atoms with Gasteiger partial charge in [0.2, 0.25) is 0 Å². The van der Waals surface area contributed by atoms with Gasteiger partial charge in [0.25, 0.3) is 0 Å². The van der Waals surface area contributed by atoms with E-state index in [1.807, 2.05) is 29.1 Å². The van der Waals surface area contributed by atoms with Crippen molar-refractivity contribution in [2.45, 2.75) is 39.3 Å². The van der Waals surface area contributed by atoms with Crippen molar-refractivity contribution in [3.05, 3.63) is 46.2 Å². The predicted molar refractivity (Wildman–Crippen MR) is 85.6 cm³/mol. The zero-order chi connectivity index (χ0) is 14.5. The van der Waals surface area contributed by atoms with Crippen molar-refractivity contribution < 1.29 is 0 Å². The monoisotopic (exact) mass is 311 g/mol. The van der Waals surface area contributed by atoms with E-state index in [4.69, 9.17) is 23.2 Å². The maximum absolute atomic E-state index is 6.12. The summed E-state index contributed by atoms with van der Waals surface area (Å²) in [5, 5.41) is 9.14. The zero-order valence-electron chi connectivity index (χ0n) is 11.7. The summed E-state index contributed by atoms with van der Waals surface area (Å²) in [7, 11) is 0. The number of hydrogen-bond donors (Lipinski definition) is 1. The number of anilines is 1. The topological polar surface area (TPSA) is 29.9 Å². The molecule has 1 aromatic heterocycles. The highest BCUT2D eigenvalue weighted by Crippen LogP contribution is 2.25. The molecular weight excluding hydrogens is 293 g/mol. The van der Waals surface area contributed by atoms with Gasteiger partial charge in [-0.05, 0) is 37.1 Å². The minimum Gasteiger partial charge on any atom is -0.378 e. The lowest BCUT2D eigenvalue weighted by Gasteiger charge is -2.12. The molecule has 2 rings (SSSR count). The smallest absolute Gasteiger partial charge is 0.0815 e.